The van der Waals surface area contributed by atoms with Crippen LogP contribution in [0, 0.1) is 0 Å². The molecule has 17 heavy (non-hydrogen) atoms. The van der Waals surface area contributed by atoms with Gasteiger partial charge in [-0.3, -0.25) is 4.79 Å². The first-order chi connectivity index (χ1) is 7.19. The van der Waals surface area contributed by atoms with Gasteiger partial charge in [-0.1, -0.05) is 0 Å². The minimum Gasteiger partial charge on any atom is -0.550 e. The van der Waals surface area contributed by atoms with Crippen LogP contribution >= 0.6 is 0 Å². The Bertz CT molecular complexity index is 271. The molecule has 0 atom stereocenters. The maximum Gasteiger partial charge on any atom is 2.00 e. The zero-order valence-corrected chi connectivity index (χ0v) is 10.7. The van der Waals surface area contributed by atoms with Crippen molar-refractivity contribution in [3.63, 3.8) is 0 Å². The summed E-state index contributed by atoms with van der Waals surface area (Å²) in [5.41, 5.74) is -2.86. The van der Waals surface area contributed by atoms with Gasteiger partial charge in [0.15, 0.2) is 5.60 Å². The van der Waals surface area contributed by atoms with Crippen LogP contribution in [0.15, 0.2) is 0 Å². The summed E-state index contributed by atoms with van der Waals surface area (Å²) >= 11 is 0. The molecule has 0 bridgehead atoms. The molecule has 0 spiro atoms. The summed E-state index contributed by atoms with van der Waals surface area (Å²) in [6.45, 7) is -0.250. The molecule has 0 rings (SSSR count). The van der Waals surface area contributed by atoms with Crippen molar-refractivity contribution in [2.24, 2.45) is 0 Å². The number of carboxylic acids is 3. The van der Waals surface area contributed by atoms with Gasteiger partial charge >= 0.3 is 43.7 Å². The number of rotatable bonds is 5. The molecule has 0 amide bonds. The average Bonchev–Trinajstić information content (AvgIpc) is 2.01. The molecule has 0 heterocycles. The van der Waals surface area contributed by atoms with E-state index >= 15 is 0 Å². The van der Waals surface area contributed by atoms with E-state index in [1.165, 1.54) is 0 Å². The maximum absolute atomic E-state index is 10.3. The summed E-state index contributed by atoms with van der Waals surface area (Å²) < 4.78 is 0. The molecule has 0 radical (unpaired) electrons. The first-order valence-corrected chi connectivity index (χ1v) is 3.63. The Labute approximate surface area is 125 Å². The number of aliphatic carboxylic acids is 3. The molecule has 3 N–H and O–H groups in total. The van der Waals surface area contributed by atoms with E-state index in [0.717, 1.165) is 0 Å². The fourth-order valence-corrected chi connectivity index (χ4v) is 0.691. The van der Waals surface area contributed by atoms with Crippen LogP contribution in [0.3, 0.4) is 0 Å². The molecule has 0 aromatic rings. The monoisotopic (exact) mass is 276 g/mol. The van der Waals surface area contributed by atoms with E-state index in [1.807, 2.05) is 0 Å². The van der Waals surface area contributed by atoms with Gasteiger partial charge in [0, 0.05) is 24.8 Å². The first-order valence-electron chi connectivity index (χ1n) is 3.63. The van der Waals surface area contributed by atoms with Crippen molar-refractivity contribution in [1.29, 1.82) is 0 Å². The van der Waals surface area contributed by atoms with Crippen molar-refractivity contribution in [2.45, 2.75) is 18.4 Å². The minimum absolute atomic E-state index is 0. The first kappa shape index (κ1) is 21.4. The second kappa shape index (κ2) is 10.3. The van der Waals surface area contributed by atoms with Gasteiger partial charge in [-0.05, 0) is 0 Å². The molecular formula is C7H8CaO9. The summed E-state index contributed by atoms with van der Waals surface area (Å²) in [6.07, 6.45) is -2.59. The molecule has 0 aliphatic carbocycles. The normalized spacial score (nSPS) is 9.00. The zero-order chi connectivity index (χ0) is 13.4. The molecule has 0 saturated carbocycles. The fraction of sp³-hybridized carbons (Fsp3) is 0.429. The molecule has 92 valence electrons. The van der Waals surface area contributed by atoms with Crippen LogP contribution in [-0.2, 0) is 19.2 Å². The third-order valence-electron chi connectivity index (χ3n) is 1.27. The van der Waals surface area contributed by atoms with Crippen molar-refractivity contribution < 1.29 is 44.7 Å². The Balaban J connectivity index is -0.000000440. The Hall–Kier alpha value is -0.900. The van der Waals surface area contributed by atoms with E-state index in [-0.39, 0.29) is 44.2 Å². The summed E-state index contributed by atoms with van der Waals surface area (Å²) in [4.78, 5) is 38.5. The van der Waals surface area contributed by atoms with E-state index in [4.69, 9.17) is 20.1 Å². The van der Waals surface area contributed by atoms with Gasteiger partial charge in [0.25, 0.3) is 6.47 Å². The van der Waals surface area contributed by atoms with E-state index in [1.54, 1.807) is 0 Å². The van der Waals surface area contributed by atoms with Crippen LogP contribution in [0.1, 0.15) is 12.8 Å². The standard InChI is InChI=1S/C6H8O7.CH2O2.Ca/c7-3(8)1-6(13,5(11)12)2-4(9)10;2-1-3;/h13H,1-2H2,(H,7,8)(H,9,10)(H,11,12);1H,(H,2,3);/q;;+2/p-2. The van der Waals surface area contributed by atoms with Crippen LogP contribution < -0.4 is 10.2 Å². The molecular weight excluding hydrogens is 268 g/mol. The zero-order valence-electron chi connectivity index (χ0n) is 8.49. The van der Waals surface area contributed by atoms with E-state index in [2.05, 4.69) is 0 Å². The second-order valence-corrected chi connectivity index (χ2v) is 2.54. The molecule has 0 saturated heterocycles. The predicted molar refractivity (Wildman–Crippen MR) is 46.3 cm³/mol. The third kappa shape index (κ3) is 11.4. The van der Waals surface area contributed by atoms with Crippen LogP contribution in [0.4, 0.5) is 0 Å². The van der Waals surface area contributed by atoms with Crippen LogP contribution in [0.2, 0.25) is 0 Å². The molecule has 0 unspecified atom stereocenters. The Kier molecular flexibility index (Phi) is 12.9. The van der Waals surface area contributed by atoms with Gasteiger partial charge in [-0.2, -0.15) is 0 Å². The van der Waals surface area contributed by atoms with Crippen LogP contribution in [0.5, 0.6) is 0 Å². The van der Waals surface area contributed by atoms with Crippen LogP contribution in [0.25, 0.3) is 0 Å². The van der Waals surface area contributed by atoms with Gasteiger partial charge in [0.05, 0.1) is 0 Å². The SMILES string of the molecule is O=C([O-])CC(O)(CC(=O)[O-])C(=O)O.O=CO.[Ca+2]. The molecule has 0 aliphatic heterocycles. The molecule has 10 heteroatoms. The van der Waals surface area contributed by atoms with Crippen molar-refractivity contribution in [1.82, 2.24) is 0 Å². The fourth-order valence-electron chi connectivity index (χ4n) is 0.691. The molecule has 0 aliphatic rings. The van der Waals surface area contributed by atoms with Crippen molar-refractivity contribution in [3.8, 4) is 0 Å². The number of hydrogen-bond donors (Lipinski definition) is 3. The number of carboxylic acid groups (broad SMARTS) is 4. The van der Waals surface area contributed by atoms with Gasteiger partial charge in [-0.25, -0.2) is 4.79 Å². The predicted octanol–water partition coefficient (Wildman–Crippen LogP) is -4.60. The van der Waals surface area contributed by atoms with E-state index in [9.17, 15) is 24.6 Å². The van der Waals surface area contributed by atoms with Crippen molar-refractivity contribution in [2.75, 3.05) is 0 Å². The van der Waals surface area contributed by atoms with Crippen molar-refractivity contribution in [3.05, 3.63) is 0 Å². The van der Waals surface area contributed by atoms with Crippen molar-refractivity contribution >= 4 is 62.1 Å². The van der Waals surface area contributed by atoms with Crippen LogP contribution in [-0.4, -0.2) is 83.0 Å². The molecule has 0 aromatic carbocycles. The number of carbonyl (C=O) groups is 4. The number of aliphatic hydroxyl groups is 1. The second-order valence-electron chi connectivity index (χ2n) is 2.54. The summed E-state index contributed by atoms with van der Waals surface area (Å²) in [7, 11) is 0. The summed E-state index contributed by atoms with van der Waals surface area (Å²) in [6, 6.07) is 0. The quantitative estimate of drug-likeness (QED) is 0.329. The average molecular weight is 276 g/mol. The summed E-state index contributed by atoms with van der Waals surface area (Å²) in [5.74, 6) is -5.65. The van der Waals surface area contributed by atoms with Gasteiger partial charge in [-0.15, -0.1) is 0 Å². The number of hydrogen-bond acceptors (Lipinski definition) is 7. The minimum atomic E-state index is -2.86. The van der Waals surface area contributed by atoms with E-state index in [0.29, 0.717) is 0 Å². The summed E-state index contributed by atoms with van der Waals surface area (Å²) in [5, 5.41) is 44.1. The largest absolute Gasteiger partial charge is 2.00 e. The van der Waals surface area contributed by atoms with Gasteiger partial charge in [0.1, 0.15) is 0 Å². The topological polar surface area (TPSA) is 175 Å². The smallest absolute Gasteiger partial charge is 0.550 e. The Morgan fingerprint density at radius 2 is 1.35 bits per heavy atom. The molecule has 9 nitrogen and oxygen atoms in total. The Morgan fingerprint density at radius 3 is 1.47 bits per heavy atom. The Morgan fingerprint density at radius 1 is 1.12 bits per heavy atom. The van der Waals surface area contributed by atoms with Gasteiger partial charge < -0.3 is 35.1 Å². The number of carbonyl (C=O) groups excluding carboxylic acids is 2. The maximum atomic E-state index is 10.3. The van der Waals surface area contributed by atoms with Gasteiger partial charge in [0.2, 0.25) is 0 Å². The molecule has 0 aromatic heterocycles. The van der Waals surface area contributed by atoms with E-state index < -0.39 is 36.4 Å². The molecule has 0 fully saturated rings. The third-order valence-corrected chi connectivity index (χ3v) is 1.27.